The zero-order chi connectivity index (χ0) is 17.8. The summed E-state index contributed by atoms with van der Waals surface area (Å²) in [4.78, 5) is 18.6. The Labute approximate surface area is 160 Å². The Morgan fingerprint density at radius 1 is 0.760 bits per heavy atom. The monoisotopic (exact) mass is 479 g/mol. The van der Waals surface area contributed by atoms with E-state index in [1.165, 1.54) is 12.1 Å². The average molecular weight is 481 g/mol. The van der Waals surface area contributed by atoms with E-state index in [2.05, 4.69) is 48.6 Å². The van der Waals surface area contributed by atoms with Crippen LogP contribution in [0.15, 0.2) is 69.6 Å². The summed E-state index contributed by atoms with van der Waals surface area (Å²) < 4.78 is 15.4. The van der Waals surface area contributed by atoms with Crippen LogP contribution in [-0.2, 0) is 4.57 Å². The Kier molecular flexibility index (Phi) is 4.13. The van der Waals surface area contributed by atoms with Crippen molar-refractivity contribution in [2.24, 2.45) is 0 Å². The molecule has 4 nitrogen and oxygen atoms in total. The predicted molar refractivity (Wildman–Crippen MR) is 108 cm³/mol. The molecule has 0 aliphatic carbocycles. The second-order valence-electron chi connectivity index (χ2n) is 5.72. The van der Waals surface area contributed by atoms with Crippen LogP contribution in [0.3, 0.4) is 0 Å². The molecule has 0 bridgehead atoms. The number of hydrogen-bond acceptors (Lipinski definition) is 1. The number of fused-ring (bicyclic) bond motifs is 3. The molecule has 1 heterocycles. The third-order valence-corrected chi connectivity index (χ3v) is 6.09. The van der Waals surface area contributed by atoms with E-state index in [1.54, 1.807) is 12.1 Å². The Morgan fingerprint density at radius 2 is 1.24 bits per heavy atom. The fourth-order valence-electron chi connectivity index (χ4n) is 3.04. The summed E-state index contributed by atoms with van der Waals surface area (Å²) in [6, 6.07) is 18.6. The highest BCUT2D eigenvalue weighted by Crippen LogP contribution is 2.36. The van der Waals surface area contributed by atoms with Crippen molar-refractivity contribution in [1.29, 1.82) is 0 Å². The average Bonchev–Trinajstić information content (AvgIpc) is 2.86. The van der Waals surface area contributed by atoms with Gasteiger partial charge < -0.3 is 14.4 Å². The lowest BCUT2D eigenvalue weighted by Crippen LogP contribution is -2.04. The smallest absolute Gasteiger partial charge is 0.321 e. The maximum absolute atomic E-state index is 11.4. The van der Waals surface area contributed by atoms with E-state index < -0.39 is 7.60 Å². The first-order valence-electron chi connectivity index (χ1n) is 7.40. The van der Waals surface area contributed by atoms with Gasteiger partial charge in [0.2, 0.25) is 0 Å². The van der Waals surface area contributed by atoms with Gasteiger partial charge in [-0.1, -0.05) is 44.0 Å². The molecule has 0 unspecified atom stereocenters. The second kappa shape index (κ2) is 6.08. The standard InChI is InChI=1S/C18H12Br2NO3P/c19-11-1-7-15-16-8-2-12(20)10-18(16)21(17(15)9-11)13-3-5-14(6-4-13)25(22,23)24/h1-10H,(H2,22,23,24). The lowest BCUT2D eigenvalue weighted by atomic mass is 10.2. The lowest BCUT2D eigenvalue weighted by molar-refractivity contribution is 0.387. The zero-order valence-electron chi connectivity index (χ0n) is 12.7. The summed E-state index contributed by atoms with van der Waals surface area (Å²) in [5.41, 5.74) is 2.88. The topological polar surface area (TPSA) is 62.5 Å². The predicted octanol–water partition coefficient (Wildman–Crippen LogP) is 5.11. The summed E-state index contributed by atoms with van der Waals surface area (Å²) in [5, 5.41) is 2.24. The van der Waals surface area contributed by atoms with E-state index in [-0.39, 0.29) is 5.30 Å². The molecule has 0 saturated heterocycles. The van der Waals surface area contributed by atoms with Gasteiger partial charge >= 0.3 is 7.60 Å². The number of nitrogens with zero attached hydrogens (tertiary/aromatic N) is 1. The van der Waals surface area contributed by atoms with Crippen molar-refractivity contribution in [3.05, 3.63) is 69.6 Å². The van der Waals surface area contributed by atoms with Crippen LogP contribution in [0.1, 0.15) is 0 Å². The van der Waals surface area contributed by atoms with E-state index in [0.29, 0.717) is 0 Å². The normalized spacial score (nSPS) is 12.2. The molecule has 126 valence electrons. The van der Waals surface area contributed by atoms with E-state index in [9.17, 15) is 14.4 Å². The van der Waals surface area contributed by atoms with E-state index >= 15 is 0 Å². The molecule has 0 aliphatic rings. The Morgan fingerprint density at radius 3 is 1.68 bits per heavy atom. The number of benzene rings is 3. The molecule has 0 amide bonds. The molecule has 0 saturated carbocycles. The first-order valence-corrected chi connectivity index (χ1v) is 10.6. The fourth-order valence-corrected chi connectivity index (χ4v) is 4.27. The molecule has 2 N–H and O–H groups in total. The molecule has 0 aliphatic heterocycles. The minimum Gasteiger partial charge on any atom is -0.321 e. The first kappa shape index (κ1) is 17.0. The minimum atomic E-state index is -4.25. The highest BCUT2D eigenvalue weighted by molar-refractivity contribution is 9.10. The van der Waals surface area contributed by atoms with Crippen molar-refractivity contribution in [2.45, 2.75) is 0 Å². The van der Waals surface area contributed by atoms with Crippen LogP contribution >= 0.6 is 39.5 Å². The summed E-state index contributed by atoms with van der Waals surface area (Å²) in [6.45, 7) is 0. The second-order valence-corrected chi connectivity index (χ2v) is 9.15. The number of hydrogen-bond donors (Lipinski definition) is 2. The molecule has 3 aromatic carbocycles. The van der Waals surface area contributed by atoms with Gasteiger partial charge in [0.05, 0.1) is 16.3 Å². The van der Waals surface area contributed by atoms with Gasteiger partial charge in [0.25, 0.3) is 0 Å². The first-order chi connectivity index (χ1) is 11.8. The third-order valence-electron chi connectivity index (χ3n) is 4.14. The summed E-state index contributed by atoms with van der Waals surface area (Å²) in [6.07, 6.45) is 0. The van der Waals surface area contributed by atoms with Gasteiger partial charge in [0.15, 0.2) is 0 Å². The summed E-state index contributed by atoms with van der Waals surface area (Å²) in [7, 11) is -4.25. The van der Waals surface area contributed by atoms with Gasteiger partial charge in [-0.05, 0) is 48.5 Å². The Hall–Kier alpha value is -1.43. The van der Waals surface area contributed by atoms with Gasteiger partial charge in [-0.3, -0.25) is 4.57 Å². The molecule has 0 fully saturated rings. The number of halogens is 2. The maximum atomic E-state index is 11.4. The van der Waals surface area contributed by atoms with E-state index in [1.807, 2.05) is 24.3 Å². The summed E-state index contributed by atoms with van der Waals surface area (Å²) in [5.74, 6) is 0. The van der Waals surface area contributed by atoms with Crippen LogP contribution in [0.25, 0.3) is 27.5 Å². The molecular formula is C18H12Br2NO3P. The number of aromatic nitrogens is 1. The Balaban J connectivity index is 2.06. The molecule has 4 aromatic rings. The SMILES string of the molecule is O=P(O)(O)c1ccc(-n2c3cc(Br)ccc3c3ccc(Br)cc32)cc1. The van der Waals surface area contributed by atoms with Crippen LogP contribution in [0.4, 0.5) is 0 Å². The summed E-state index contributed by atoms with van der Waals surface area (Å²) >= 11 is 7.05. The van der Waals surface area contributed by atoms with Crippen LogP contribution in [0, 0.1) is 0 Å². The fraction of sp³-hybridized carbons (Fsp3) is 0. The lowest BCUT2D eigenvalue weighted by Gasteiger charge is -2.10. The van der Waals surface area contributed by atoms with E-state index in [4.69, 9.17) is 0 Å². The molecule has 25 heavy (non-hydrogen) atoms. The Bertz CT molecular complexity index is 1100. The maximum Gasteiger partial charge on any atom is 0.356 e. The highest BCUT2D eigenvalue weighted by Gasteiger charge is 2.18. The van der Waals surface area contributed by atoms with Crippen LogP contribution in [-0.4, -0.2) is 14.4 Å². The zero-order valence-corrected chi connectivity index (χ0v) is 16.8. The highest BCUT2D eigenvalue weighted by atomic mass is 79.9. The molecular weight excluding hydrogens is 469 g/mol. The molecule has 0 radical (unpaired) electrons. The van der Waals surface area contributed by atoms with Gasteiger partial charge in [-0.2, -0.15) is 0 Å². The molecule has 0 spiro atoms. The van der Waals surface area contributed by atoms with Gasteiger partial charge in [-0.25, -0.2) is 0 Å². The van der Waals surface area contributed by atoms with Crippen molar-refractivity contribution < 1.29 is 14.4 Å². The van der Waals surface area contributed by atoms with Gasteiger partial charge in [0.1, 0.15) is 0 Å². The van der Waals surface area contributed by atoms with Crippen molar-refractivity contribution in [1.82, 2.24) is 4.57 Å². The van der Waals surface area contributed by atoms with Crippen molar-refractivity contribution in [3.8, 4) is 5.69 Å². The van der Waals surface area contributed by atoms with Crippen LogP contribution < -0.4 is 5.30 Å². The van der Waals surface area contributed by atoms with Crippen LogP contribution in [0.5, 0.6) is 0 Å². The van der Waals surface area contributed by atoms with Crippen molar-refractivity contribution in [3.63, 3.8) is 0 Å². The van der Waals surface area contributed by atoms with Crippen molar-refractivity contribution in [2.75, 3.05) is 0 Å². The van der Waals surface area contributed by atoms with Crippen molar-refractivity contribution >= 4 is 66.6 Å². The van der Waals surface area contributed by atoms with Gasteiger partial charge in [0, 0.05) is 25.4 Å². The largest absolute Gasteiger partial charge is 0.356 e. The van der Waals surface area contributed by atoms with E-state index in [0.717, 1.165) is 36.4 Å². The molecule has 0 atom stereocenters. The van der Waals surface area contributed by atoms with Crippen LogP contribution in [0.2, 0.25) is 0 Å². The molecule has 1 aromatic heterocycles. The third kappa shape index (κ3) is 2.98. The molecule has 7 heteroatoms. The molecule has 4 rings (SSSR count). The number of rotatable bonds is 2. The van der Waals surface area contributed by atoms with Gasteiger partial charge in [-0.15, -0.1) is 0 Å². The quantitative estimate of drug-likeness (QED) is 0.392. The minimum absolute atomic E-state index is 0.0133.